The number of benzene rings is 2. The third-order valence-electron chi connectivity index (χ3n) is 5.06. The van der Waals surface area contributed by atoms with Crippen LogP contribution in [0.1, 0.15) is 22.0 Å². The van der Waals surface area contributed by atoms with Gasteiger partial charge in [0.2, 0.25) is 0 Å². The standard InChI is InChI=1S/C23H18FNO5S/c1-12-5-7-16(26)15(10-12)25-20(18-4-3-9-31-18)19(22(28)23(25)29)21(27)14-11-13(24)6-8-17(14)30-2/h3-11,20,26-27H,1-2H3/b21-19-. The van der Waals surface area contributed by atoms with Crippen molar-refractivity contribution in [1.82, 2.24) is 0 Å². The van der Waals surface area contributed by atoms with Gasteiger partial charge < -0.3 is 14.9 Å². The Labute approximate surface area is 181 Å². The van der Waals surface area contributed by atoms with Crippen LogP contribution in [0.3, 0.4) is 0 Å². The van der Waals surface area contributed by atoms with Crippen LogP contribution >= 0.6 is 11.3 Å². The molecule has 158 valence electrons. The number of thiophene rings is 1. The summed E-state index contributed by atoms with van der Waals surface area (Å²) in [6.07, 6.45) is 0. The number of ether oxygens (including phenoxy) is 1. The van der Waals surface area contributed by atoms with Crippen LogP contribution in [0.4, 0.5) is 10.1 Å². The highest BCUT2D eigenvalue weighted by atomic mass is 32.1. The number of phenolic OH excluding ortho intramolecular Hbond substituents is 1. The van der Waals surface area contributed by atoms with Crippen molar-refractivity contribution in [2.24, 2.45) is 0 Å². The van der Waals surface area contributed by atoms with Crippen molar-refractivity contribution in [3.8, 4) is 11.5 Å². The average molecular weight is 439 g/mol. The summed E-state index contributed by atoms with van der Waals surface area (Å²) in [5.41, 5.74) is 0.657. The van der Waals surface area contributed by atoms with Gasteiger partial charge >= 0.3 is 0 Å². The number of hydrogen-bond donors (Lipinski definition) is 2. The smallest absolute Gasteiger partial charge is 0.300 e. The van der Waals surface area contributed by atoms with Gasteiger partial charge in [0, 0.05) is 4.88 Å². The predicted molar refractivity (Wildman–Crippen MR) is 115 cm³/mol. The van der Waals surface area contributed by atoms with Crippen molar-refractivity contribution in [1.29, 1.82) is 0 Å². The summed E-state index contributed by atoms with van der Waals surface area (Å²) in [4.78, 5) is 27.9. The average Bonchev–Trinajstić information content (AvgIpc) is 3.36. The number of anilines is 1. The minimum absolute atomic E-state index is 0.0458. The number of hydrogen-bond acceptors (Lipinski definition) is 6. The third kappa shape index (κ3) is 3.44. The lowest BCUT2D eigenvalue weighted by Crippen LogP contribution is -2.29. The SMILES string of the molecule is COc1ccc(F)cc1/C(O)=C1/C(=O)C(=O)N(c2cc(C)ccc2O)C1c1cccs1. The van der Waals surface area contributed by atoms with Gasteiger partial charge in [-0.3, -0.25) is 14.5 Å². The third-order valence-corrected chi connectivity index (χ3v) is 5.99. The van der Waals surface area contributed by atoms with Crippen molar-refractivity contribution in [2.45, 2.75) is 13.0 Å². The summed E-state index contributed by atoms with van der Waals surface area (Å²) >= 11 is 1.28. The van der Waals surface area contributed by atoms with Crippen LogP contribution < -0.4 is 9.64 Å². The van der Waals surface area contributed by atoms with Crippen LogP contribution in [0.2, 0.25) is 0 Å². The molecule has 0 radical (unpaired) electrons. The van der Waals surface area contributed by atoms with Crippen molar-refractivity contribution in [3.05, 3.63) is 81.3 Å². The van der Waals surface area contributed by atoms with Crippen molar-refractivity contribution in [3.63, 3.8) is 0 Å². The van der Waals surface area contributed by atoms with E-state index in [2.05, 4.69) is 0 Å². The molecule has 1 amide bonds. The number of amides is 1. The molecule has 0 aliphatic carbocycles. The van der Waals surface area contributed by atoms with Crippen molar-refractivity contribution >= 4 is 34.5 Å². The van der Waals surface area contributed by atoms with Gasteiger partial charge in [0.25, 0.3) is 11.7 Å². The van der Waals surface area contributed by atoms with E-state index in [1.165, 1.54) is 30.6 Å². The van der Waals surface area contributed by atoms with Crippen LogP contribution in [0.25, 0.3) is 5.76 Å². The molecule has 8 heteroatoms. The Hall–Kier alpha value is -3.65. The van der Waals surface area contributed by atoms with Crippen LogP contribution in [0.5, 0.6) is 11.5 Å². The van der Waals surface area contributed by atoms with Gasteiger partial charge in [-0.2, -0.15) is 0 Å². The van der Waals surface area contributed by atoms with E-state index < -0.39 is 29.3 Å². The van der Waals surface area contributed by atoms with E-state index >= 15 is 0 Å². The van der Waals surface area contributed by atoms with E-state index in [-0.39, 0.29) is 28.3 Å². The first-order chi connectivity index (χ1) is 14.8. The number of rotatable bonds is 4. The molecule has 1 fully saturated rings. The number of methoxy groups -OCH3 is 1. The molecule has 1 saturated heterocycles. The number of aliphatic hydroxyl groups excluding tert-OH is 1. The van der Waals surface area contributed by atoms with E-state index in [1.54, 1.807) is 36.6 Å². The van der Waals surface area contributed by atoms with E-state index in [0.29, 0.717) is 4.88 Å². The number of carbonyl (C=O) groups is 2. The van der Waals surface area contributed by atoms with Crippen LogP contribution in [-0.4, -0.2) is 29.0 Å². The van der Waals surface area contributed by atoms with E-state index in [1.807, 2.05) is 0 Å². The molecule has 2 aromatic carbocycles. The number of Topliss-reactive ketones (excluding diaryl/α,β-unsaturated/α-hetero) is 1. The van der Waals surface area contributed by atoms with E-state index in [4.69, 9.17) is 4.74 Å². The number of phenols is 1. The Morgan fingerprint density at radius 1 is 1.16 bits per heavy atom. The van der Waals surface area contributed by atoms with Gasteiger partial charge in [-0.15, -0.1) is 11.3 Å². The zero-order valence-corrected chi connectivity index (χ0v) is 17.4. The Kier molecular flexibility index (Phi) is 5.24. The first-order valence-corrected chi connectivity index (χ1v) is 10.2. The molecular weight excluding hydrogens is 421 g/mol. The van der Waals surface area contributed by atoms with Gasteiger partial charge in [0.1, 0.15) is 29.1 Å². The highest BCUT2D eigenvalue weighted by molar-refractivity contribution is 7.10. The van der Waals surface area contributed by atoms with Crippen molar-refractivity contribution in [2.75, 3.05) is 12.0 Å². The Morgan fingerprint density at radius 2 is 1.94 bits per heavy atom. The molecule has 1 unspecified atom stereocenters. The number of aromatic hydroxyl groups is 1. The number of halogens is 1. The fourth-order valence-corrected chi connectivity index (χ4v) is 4.46. The maximum atomic E-state index is 13.9. The van der Waals surface area contributed by atoms with Gasteiger partial charge in [-0.1, -0.05) is 12.1 Å². The minimum Gasteiger partial charge on any atom is -0.507 e. The Bertz CT molecular complexity index is 1220. The molecule has 4 rings (SSSR count). The van der Waals surface area contributed by atoms with Gasteiger partial charge in [0.05, 0.1) is 23.9 Å². The largest absolute Gasteiger partial charge is 0.507 e. The minimum atomic E-state index is -0.999. The van der Waals surface area contributed by atoms with Crippen LogP contribution in [0.15, 0.2) is 59.5 Å². The predicted octanol–water partition coefficient (Wildman–Crippen LogP) is 4.54. The highest BCUT2D eigenvalue weighted by Gasteiger charge is 2.48. The number of aliphatic hydroxyl groups is 1. The second-order valence-corrected chi connectivity index (χ2v) is 8.00. The molecule has 31 heavy (non-hydrogen) atoms. The summed E-state index contributed by atoms with van der Waals surface area (Å²) in [7, 11) is 1.35. The number of ketones is 1. The summed E-state index contributed by atoms with van der Waals surface area (Å²) in [6.45, 7) is 1.79. The highest BCUT2D eigenvalue weighted by Crippen LogP contribution is 2.46. The summed E-state index contributed by atoms with van der Waals surface area (Å²) in [6, 6.07) is 10.7. The van der Waals surface area contributed by atoms with E-state index in [0.717, 1.165) is 22.6 Å². The van der Waals surface area contributed by atoms with Crippen LogP contribution in [0, 0.1) is 12.7 Å². The molecule has 2 N–H and O–H groups in total. The summed E-state index contributed by atoms with van der Waals surface area (Å²) in [5.74, 6) is -3.08. The van der Waals surface area contributed by atoms with Crippen LogP contribution in [-0.2, 0) is 9.59 Å². The lowest BCUT2D eigenvalue weighted by atomic mass is 9.99. The molecule has 1 aliphatic heterocycles. The first-order valence-electron chi connectivity index (χ1n) is 9.31. The fraction of sp³-hybridized carbons (Fsp3) is 0.130. The molecule has 0 saturated carbocycles. The maximum absolute atomic E-state index is 13.9. The molecule has 2 heterocycles. The molecule has 1 aromatic heterocycles. The quantitative estimate of drug-likeness (QED) is 0.354. The Balaban J connectivity index is 1.99. The molecule has 6 nitrogen and oxygen atoms in total. The maximum Gasteiger partial charge on any atom is 0.300 e. The number of aryl methyl sites for hydroxylation is 1. The molecular formula is C23H18FNO5S. The lowest BCUT2D eigenvalue weighted by Gasteiger charge is -2.25. The molecule has 3 aromatic rings. The number of carbonyl (C=O) groups excluding carboxylic acids is 2. The second-order valence-electron chi connectivity index (χ2n) is 7.02. The second kappa shape index (κ2) is 7.88. The summed E-state index contributed by atoms with van der Waals surface area (Å²) < 4.78 is 19.1. The van der Waals surface area contributed by atoms with Gasteiger partial charge in [0.15, 0.2) is 0 Å². The normalized spacial score (nSPS) is 17.9. The number of nitrogens with zero attached hydrogens (tertiary/aromatic N) is 1. The lowest BCUT2D eigenvalue weighted by molar-refractivity contribution is -0.132. The first kappa shape index (κ1) is 20.6. The zero-order valence-electron chi connectivity index (χ0n) is 16.6. The fourth-order valence-electron chi connectivity index (χ4n) is 3.63. The van der Waals surface area contributed by atoms with E-state index in [9.17, 15) is 24.2 Å². The van der Waals surface area contributed by atoms with Gasteiger partial charge in [-0.25, -0.2) is 4.39 Å². The molecule has 1 atom stereocenters. The molecule has 0 spiro atoms. The zero-order chi connectivity index (χ0) is 22.3. The monoisotopic (exact) mass is 439 g/mol. The molecule has 0 bridgehead atoms. The van der Waals surface area contributed by atoms with Gasteiger partial charge in [-0.05, 0) is 54.3 Å². The topological polar surface area (TPSA) is 87.1 Å². The molecule has 1 aliphatic rings. The van der Waals surface area contributed by atoms with Crippen molar-refractivity contribution < 1.29 is 28.9 Å². The Morgan fingerprint density at radius 3 is 2.61 bits per heavy atom. The summed E-state index contributed by atoms with van der Waals surface area (Å²) in [5, 5.41) is 23.3.